The average Bonchev–Trinajstić information content (AvgIpc) is 1.85. The molecule has 2 atom stereocenters. The molecule has 0 heterocycles. The summed E-state index contributed by atoms with van der Waals surface area (Å²) in [6, 6.07) is 0. The number of amides is 1. The molecule has 0 rings (SSSR count). The zero-order valence-electron chi connectivity index (χ0n) is 5.59. The molecule has 0 aliphatic rings. The first-order valence-corrected chi connectivity index (χ1v) is 4.68. The van der Waals surface area contributed by atoms with Crippen LogP contribution in [0.2, 0.25) is 0 Å². The summed E-state index contributed by atoms with van der Waals surface area (Å²) in [6.45, 7) is 1.41. The fraction of sp³-hybridized carbons (Fsp3) is 0.667. The molecule has 11 heavy (non-hydrogen) atoms. The number of nitrogens with zero attached hydrogens (tertiary/aromatic N) is 1. The summed E-state index contributed by atoms with van der Waals surface area (Å²) in [5, 5.41) is 0. The molecule has 0 fully saturated rings. The van der Waals surface area contributed by atoms with Crippen molar-refractivity contribution in [1.29, 1.82) is 0 Å². The van der Waals surface area contributed by atoms with Crippen molar-refractivity contribution in [3.8, 4) is 0 Å². The van der Waals surface area contributed by atoms with Gasteiger partial charge < -0.3 is 0 Å². The average molecular weight is 201 g/mol. The van der Waals surface area contributed by atoms with Crippen molar-refractivity contribution in [3.05, 3.63) is 0 Å². The Morgan fingerprint density at radius 1 is 1.36 bits per heavy atom. The topological polar surface area (TPSA) is 94.9 Å². The number of carbonyl (C=O) groups excluding carboxylic acids is 1. The lowest BCUT2D eigenvalue weighted by atomic mass is 10.5. The molecule has 0 aromatic carbocycles. The number of hydrogen-bond donors (Lipinski definition) is 2. The van der Waals surface area contributed by atoms with Gasteiger partial charge in [0.1, 0.15) is 0 Å². The smallest absolute Gasteiger partial charge is 0.278 e. The van der Waals surface area contributed by atoms with Crippen LogP contribution in [0.15, 0.2) is 0 Å². The van der Waals surface area contributed by atoms with E-state index < -0.39 is 28.4 Å². The molecule has 0 aliphatic heterocycles. The first-order valence-electron chi connectivity index (χ1n) is 2.55. The summed E-state index contributed by atoms with van der Waals surface area (Å²) in [4.78, 5) is 10.6. The lowest BCUT2D eigenvalue weighted by molar-refractivity contribution is -0.123. The van der Waals surface area contributed by atoms with Gasteiger partial charge in [0.2, 0.25) is 5.91 Å². The van der Waals surface area contributed by atoms with Gasteiger partial charge in [0.25, 0.3) is 22.5 Å². The van der Waals surface area contributed by atoms with Crippen LogP contribution < -0.4 is 0 Å². The van der Waals surface area contributed by atoms with Crippen LogP contribution in [-0.2, 0) is 27.3 Å². The molecule has 8 heteroatoms. The third-order valence-corrected chi connectivity index (χ3v) is 2.53. The second-order valence-electron chi connectivity index (χ2n) is 1.47. The highest BCUT2D eigenvalue weighted by molar-refractivity contribution is 7.93. The van der Waals surface area contributed by atoms with E-state index in [9.17, 15) is 13.2 Å². The van der Waals surface area contributed by atoms with E-state index in [0.717, 1.165) is 0 Å². The third-order valence-electron chi connectivity index (χ3n) is 0.790. The first-order chi connectivity index (χ1) is 5.00. The van der Waals surface area contributed by atoms with Crippen LogP contribution in [0, 0.1) is 0 Å². The maximum absolute atomic E-state index is 10.6. The molecule has 6 nitrogen and oxygen atoms in total. The van der Waals surface area contributed by atoms with Crippen molar-refractivity contribution in [3.63, 3.8) is 0 Å². The summed E-state index contributed by atoms with van der Waals surface area (Å²) >= 11 is -5.46. The highest BCUT2D eigenvalue weighted by Gasteiger charge is 2.22. The Morgan fingerprint density at radius 3 is 1.82 bits per heavy atom. The second-order valence-corrected chi connectivity index (χ2v) is 3.35. The van der Waals surface area contributed by atoms with Gasteiger partial charge in [0, 0.05) is 6.42 Å². The molecule has 0 bridgehead atoms. The van der Waals surface area contributed by atoms with E-state index in [1.54, 1.807) is 0 Å². The summed E-state index contributed by atoms with van der Waals surface area (Å²) in [5.41, 5.74) is 0. The molecule has 2 unspecified atom stereocenters. The monoisotopic (exact) mass is 201 g/mol. The van der Waals surface area contributed by atoms with Crippen molar-refractivity contribution in [1.82, 2.24) is 3.71 Å². The molecular weight excluding hydrogens is 194 g/mol. The molecule has 0 saturated carbocycles. The highest BCUT2D eigenvalue weighted by Crippen LogP contribution is 1.99. The quantitative estimate of drug-likeness (QED) is 0.600. The molecule has 0 radical (unpaired) electrons. The zero-order chi connectivity index (χ0) is 9.02. The van der Waals surface area contributed by atoms with E-state index in [-0.39, 0.29) is 10.1 Å². The minimum absolute atomic E-state index is 0.0278. The maximum atomic E-state index is 10.6. The SMILES string of the molecule is CCC(=O)N(S(=O)O)S(=O)O. The Labute approximate surface area is 68.4 Å². The van der Waals surface area contributed by atoms with E-state index in [1.165, 1.54) is 6.92 Å². The standard InChI is InChI=1S/C3H7NO5S2/c1-2-3(5)4(10(6)7)11(8)9/h2H2,1H3,(H,6,7)(H,8,9). The molecule has 0 aromatic rings. The van der Waals surface area contributed by atoms with Crippen LogP contribution in [0.4, 0.5) is 0 Å². The molecule has 0 aromatic heterocycles. The first kappa shape index (κ1) is 10.7. The van der Waals surface area contributed by atoms with E-state index in [2.05, 4.69) is 0 Å². The van der Waals surface area contributed by atoms with Crippen LogP contribution >= 0.6 is 0 Å². The number of carbonyl (C=O) groups is 1. The van der Waals surface area contributed by atoms with E-state index in [1.807, 2.05) is 0 Å². The highest BCUT2D eigenvalue weighted by atomic mass is 32.3. The minimum atomic E-state index is -2.73. The van der Waals surface area contributed by atoms with Crippen molar-refractivity contribution in [2.45, 2.75) is 13.3 Å². The van der Waals surface area contributed by atoms with Gasteiger partial charge in [-0.3, -0.25) is 13.9 Å². The largest absolute Gasteiger partial charge is 0.288 e. The van der Waals surface area contributed by atoms with Gasteiger partial charge in [-0.2, -0.15) is 0 Å². The molecule has 66 valence electrons. The predicted octanol–water partition coefficient (Wildman–Crippen LogP) is -0.502. The predicted molar refractivity (Wildman–Crippen MR) is 38.7 cm³/mol. The summed E-state index contributed by atoms with van der Waals surface area (Å²) in [6.07, 6.45) is -0.0986. The van der Waals surface area contributed by atoms with Crippen LogP contribution in [0.1, 0.15) is 13.3 Å². The van der Waals surface area contributed by atoms with Crippen LogP contribution in [-0.4, -0.2) is 27.1 Å². The Bertz CT molecular complexity index is 190. The summed E-state index contributed by atoms with van der Waals surface area (Å²) < 4.78 is 37.0. The van der Waals surface area contributed by atoms with Crippen LogP contribution in [0.3, 0.4) is 0 Å². The molecule has 0 aliphatic carbocycles. The van der Waals surface area contributed by atoms with Crippen molar-refractivity contribution in [2.24, 2.45) is 0 Å². The second kappa shape index (κ2) is 4.54. The minimum Gasteiger partial charge on any atom is -0.288 e. The Balaban J connectivity index is 4.47. The zero-order valence-corrected chi connectivity index (χ0v) is 7.22. The maximum Gasteiger partial charge on any atom is 0.278 e. The fourth-order valence-corrected chi connectivity index (χ4v) is 1.40. The van der Waals surface area contributed by atoms with Gasteiger partial charge in [-0.25, -0.2) is 8.42 Å². The fourth-order valence-electron chi connectivity index (χ4n) is 0.358. The number of rotatable bonds is 3. The van der Waals surface area contributed by atoms with Crippen molar-refractivity contribution >= 4 is 28.4 Å². The van der Waals surface area contributed by atoms with Crippen molar-refractivity contribution in [2.75, 3.05) is 0 Å². The molecular formula is C3H7NO5S2. The Morgan fingerprint density at radius 2 is 1.73 bits per heavy atom. The molecule has 1 amide bonds. The molecule has 0 spiro atoms. The van der Waals surface area contributed by atoms with Gasteiger partial charge in [-0.1, -0.05) is 6.92 Å². The normalized spacial score (nSPS) is 15.5. The molecule has 2 N–H and O–H groups in total. The van der Waals surface area contributed by atoms with Gasteiger partial charge in [-0.05, 0) is 0 Å². The van der Waals surface area contributed by atoms with E-state index in [4.69, 9.17) is 9.11 Å². The van der Waals surface area contributed by atoms with Crippen molar-refractivity contribution < 1.29 is 22.3 Å². The Kier molecular flexibility index (Phi) is 4.42. The van der Waals surface area contributed by atoms with Gasteiger partial charge in [0.15, 0.2) is 0 Å². The lowest BCUT2D eigenvalue weighted by Crippen LogP contribution is -2.33. The summed E-state index contributed by atoms with van der Waals surface area (Å²) in [5.74, 6) is -0.855. The number of hydrogen-bond acceptors (Lipinski definition) is 3. The van der Waals surface area contributed by atoms with Gasteiger partial charge in [0.05, 0.1) is 0 Å². The van der Waals surface area contributed by atoms with E-state index in [0.29, 0.717) is 0 Å². The van der Waals surface area contributed by atoms with Crippen LogP contribution in [0.25, 0.3) is 0 Å². The van der Waals surface area contributed by atoms with Gasteiger partial charge >= 0.3 is 0 Å². The third kappa shape index (κ3) is 3.06. The van der Waals surface area contributed by atoms with Crippen LogP contribution in [0.5, 0.6) is 0 Å². The summed E-state index contributed by atoms with van der Waals surface area (Å²) in [7, 11) is 0. The molecule has 0 saturated heterocycles. The Hall–Kier alpha value is -0.310. The lowest BCUT2D eigenvalue weighted by Gasteiger charge is -2.10. The van der Waals surface area contributed by atoms with E-state index >= 15 is 0 Å². The van der Waals surface area contributed by atoms with Gasteiger partial charge in [-0.15, -0.1) is 3.71 Å².